The second kappa shape index (κ2) is 6.16. The van der Waals surface area contributed by atoms with Gasteiger partial charge in [-0.3, -0.25) is 0 Å². The predicted octanol–water partition coefficient (Wildman–Crippen LogP) is 3.19. The molecule has 0 aliphatic heterocycles. The molecule has 3 rings (SSSR count). The highest BCUT2D eigenvalue weighted by Crippen LogP contribution is 2.22. The fraction of sp³-hybridized carbons (Fsp3) is 0.0625. The van der Waals surface area contributed by atoms with Crippen LogP contribution in [0.3, 0.4) is 0 Å². The first-order valence-corrected chi connectivity index (χ1v) is 7.20. The fourth-order valence-corrected chi connectivity index (χ4v) is 2.58. The molecule has 2 aromatic heterocycles. The molecule has 0 saturated heterocycles. The molecule has 5 heteroatoms. The van der Waals surface area contributed by atoms with Gasteiger partial charge in [-0.1, -0.05) is 18.1 Å². The minimum absolute atomic E-state index is 0.642. The second-order valence-corrected chi connectivity index (χ2v) is 5.22. The van der Waals surface area contributed by atoms with Gasteiger partial charge in [-0.2, -0.15) is 0 Å². The highest BCUT2D eigenvalue weighted by Gasteiger charge is 1.98. The van der Waals surface area contributed by atoms with Crippen molar-refractivity contribution in [1.82, 2.24) is 15.0 Å². The second-order valence-electron chi connectivity index (χ2n) is 4.16. The van der Waals surface area contributed by atoms with Crippen LogP contribution >= 0.6 is 11.3 Å². The van der Waals surface area contributed by atoms with Gasteiger partial charge >= 0.3 is 0 Å². The average Bonchev–Trinajstić information content (AvgIpc) is 2.95. The van der Waals surface area contributed by atoms with E-state index in [1.165, 1.54) is 4.70 Å². The van der Waals surface area contributed by atoms with Gasteiger partial charge in [-0.05, 0) is 30.2 Å². The summed E-state index contributed by atoms with van der Waals surface area (Å²) in [6.45, 7) is 0. The Hall–Kier alpha value is -2.71. The van der Waals surface area contributed by atoms with Crippen LogP contribution < -0.4 is 5.32 Å². The number of thiazole rings is 1. The summed E-state index contributed by atoms with van der Waals surface area (Å²) in [7, 11) is 1.80. The van der Waals surface area contributed by atoms with E-state index in [-0.39, 0.29) is 0 Å². The Morgan fingerprint density at radius 1 is 1.19 bits per heavy atom. The number of para-hydroxylation sites is 1. The van der Waals surface area contributed by atoms with Crippen LogP contribution in [0.1, 0.15) is 10.7 Å². The molecule has 0 aliphatic rings. The number of benzene rings is 1. The maximum absolute atomic E-state index is 4.51. The Kier molecular flexibility index (Phi) is 3.90. The number of rotatable bonds is 2. The van der Waals surface area contributed by atoms with Crippen molar-refractivity contribution in [2.75, 3.05) is 12.4 Å². The quantitative estimate of drug-likeness (QED) is 0.737. The first kappa shape index (κ1) is 13.3. The van der Waals surface area contributed by atoms with E-state index in [0.717, 1.165) is 16.3 Å². The molecule has 0 saturated carbocycles. The Bertz CT molecular complexity index is 805. The van der Waals surface area contributed by atoms with Gasteiger partial charge in [0.1, 0.15) is 16.5 Å². The maximum Gasteiger partial charge on any atom is 0.144 e. The summed E-state index contributed by atoms with van der Waals surface area (Å²) >= 11 is 1.65. The van der Waals surface area contributed by atoms with Gasteiger partial charge in [-0.25, -0.2) is 15.0 Å². The minimum atomic E-state index is 0.642. The van der Waals surface area contributed by atoms with Crippen molar-refractivity contribution in [3.63, 3.8) is 0 Å². The van der Waals surface area contributed by atoms with Crippen LogP contribution in [0.2, 0.25) is 0 Å². The van der Waals surface area contributed by atoms with E-state index in [4.69, 9.17) is 0 Å². The number of nitrogens with zero attached hydrogens (tertiary/aromatic N) is 3. The molecule has 0 bridgehead atoms. The van der Waals surface area contributed by atoms with Crippen molar-refractivity contribution in [3.05, 3.63) is 53.4 Å². The molecule has 2 heterocycles. The van der Waals surface area contributed by atoms with Crippen LogP contribution in [0.5, 0.6) is 0 Å². The van der Waals surface area contributed by atoms with Crippen LogP contribution in [0.15, 0.2) is 42.7 Å². The third kappa shape index (κ3) is 3.25. The summed E-state index contributed by atoms with van der Waals surface area (Å²) in [5.74, 6) is 6.61. The van der Waals surface area contributed by atoms with E-state index in [1.54, 1.807) is 36.9 Å². The standard InChI is InChI=1S/C16H12N4S/c1-17-15-11-18-12(10-19-15)6-2-5-9-16-20-13-7-3-4-8-14(13)21-16/h3-5,7-11H,1H3,(H,17,19)/b9-5+. The Morgan fingerprint density at radius 2 is 2.10 bits per heavy atom. The largest absolute Gasteiger partial charge is 0.372 e. The lowest BCUT2D eigenvalue weighted by Crippen LogP contribution is -1.93. The van der Waals surface area contributed by atoms with Gasteiger partial charge in [0.05, 0.1) is 22.6 Å². The van der Waals surface area contributed by atoms with Crippen LogP contribution in [0.25, 0.3) is 16.3 Å². The van der Waals surface area contributed by atoms with Crippen LogP contribution in [-0.2, 0) is 0 Å². The van der Waals surface area contributed by atoms with Crippen molar-refractivity contribution in [3.8, 4) is 11.8 Å². The highest BCUT2D eigenvalue weighted by atomic mass is 32.1. The van der Waals surface area contributed by atoms with Crippen molar-refractivity contribution in [2.45, 2.75) is 0 Å². The molecule has 102 valence electrons. The first-order chi connectivity index (χ1) is 10.3. The highest BCUT2D eigenvalue weighted by molar-refractivity contribution is 7.19. The molecular weight excluding hydrogens is 280 g/mol. The van der Waals surface area contributed by atoms with E-state index in [9.17, 15) is 0 Å². The number of hydrogen-bond donors (Lipinski definition) is 1. The van der Waals surface area contributed by atoms with Gasteiger partial charge in [0, 0.05) is 7.05 Å². The maximum atomic E-state index is 4.51. The minimum Gasteiger partial charge on any atom is -0.372 e. The molecule has 3 aromatic rings. The third-order valence-electron chi connectivity index (χ3n) is 2.73. The van der Waals surface area contributed by atoms with Crippen LogP contribution in [0.4, 0.5) is 5.82 Å². The van der Waals surface area contributed by atoms with Crippen LogP contribution in [-0.4, -0.2) is 22.0 Å². The summed E-state index contributed by atoms with van der Waals surface area (Å²) < 4.78 is 1.18. The average molecular weight is 292 g/mol. The molecular formula is C16H12N4S. The molecule has 0 atom stereocenters. The zero-order chi connectivity index (χ0) is 14.5. The normalized spacial score (nSPS) is 10.5. The number of allylic oxidation sites excluding steroid dienone is 1. The summed E-state index contributed by atoms with van der Waals surface area (Å²) in [6.07, 6.45) is 6.99. The van der Waals surface area contributed by atoms with E-state index in [2.05, 4.69) is 38.2 Å². The van der Waals surface area contributed by atoms with E-state index < -0.39 is 0 Å². The molecule has 0 radical (unpaired) electrons. The summed E-state index contributed by atoms with van der Waals surface area (Å²) in [6, 6.07) is 8.08. The van der Waals surface area contributed by atoms with Gasteiger partial charge in [-0.15, -0.1) is 11.3 Å². The van der Waals surface area contributed by atoms with Crippen molar-refractivity contribution >= 4 is 33.4 Å². The number of fused-ring (bicyclic) bond motifs is 1. The lowest BCUT2D eigenvalue weighted by Gasteiger charge is -1.95. The zero-order valence-corrected chi connectivity index (χ0v) is 12.2. The van der Waals surface area contributed by atoms with E-state index in [0.29, 0.717) is 5.69 Å². The van der Waals surface area contributed by atoms with Crippen LogP contribution in [0, 0.1) is 11.8 Å². The SMILES string of the molecule is CNc1cnc(C#C/C=C/c2nc3ccccc3s2)cn1. The number of hydrogen-bond acceptors (Lipinski definition) is 5. The Labute approximate surface area is 126 Å². The molecule has 0 fully saturated rings. The van der Waals surface area contributed by atoms with Gasteiger partial charge in [0.2, 0.25) is 0 Å². The lowest BCUT2D eigenvalue weighted by atomic mass is 10.3. The Balaban J connectivity index is 1.73. The molecule has 1 N–H and O–H groups in total. The molecule has 1 aromatic carbocycles. The molecule has 0 aliphatic carbocycles. The zero-order valence-electron chi connectivity index (χ0n) is 11.4. The molecule has 21 heavy (non-hydrogen) atoms. The van der Waals surface area contributed by atoms with E-state index >= 15 is 0 Å². The number of aromatic nitrogens is 3. The summed E-state index contributed by atoms with van der Waals surface area (Å²) in [4.78, 5) is 12.8. The topological polar surface area (TPSA) is 50.7 Å². The van der Waals surface area contributed by atoms with Gasteiger partial charge in [0.15, 0.2) is 0 Å². The number of nitrogens with one attached hydrogen (secondary N) is 1. The molecule has 0 spiro atoms. The monoisotopic (exact) mass is 292 g/mol. The van der Waals surface area contributed by atoms with E-state index in [1.807, 2.05) is 24.3 Å². The lowest BCUT2D eigenvalue weighted by molar-refractivity contribution is 1.16. The van der Waals surface area contributed by atoms with Gasteiger partial charge < -0.3 is 5.32 Å². The molecule has 0 amide bonds. The van der Waals surface area contributed by atoms with Crippen molar-refractivity contribution in [2.24, 2.45) is 0 Å². The molecule has 0 unspecified atom stereocenters. The molecule has 4 nitrogen and oxygen atoms in total. The van der Waals surface area contributed by atoms with Crippen molar-refractivity contribution in [1.29, 1.82) is 0 Å². The van der Waals surface area contributed by atoms with Gasteiger partial charge in [0.25, 0.3) is 0 Å². The smallest absolute Gasteiger partial charge is 0.144 e. The number of anilines is 1. The van der Waals surface area contributed by atoms with Crippen molar-refractivity contribution < 1.29 is 0 Å². The third-order valence-corrected chi connectivity index (χ3v) is 3.73. The fourth-order valence-electron chi connectivity index (χ4n) is 1.71. The summed E-state index contributed by atoms with van der Waals surface area (Å²) in [5, 5.41) is 3.86. The Morgan fingerprint density at radius 3 is 2.86 bits per heavy atom. The predicted molar refractivity (Wildman–Crippen MR) is 87.1 cm³/mol. The summed E-state index contributed by atoms with van der Waals surface area (Å²) in [5.41, 5.74) is 1.66. The first-order valence-electron chi connectivity index (χ1n) is 6.38.